The molecule has 2 nitrogen and oxygen atoms in total. The van der Waals surface area contributed by atoms with Gasteiger partial charge in [-0.05, 0) is 42.5 Å². The molecule has 1 aromatic carbocycles. The van der Waals surface area contributed by atoms with Gasteiger partial charge in [-0.2, -0.15) is 0 Å². The van der Waals surface area contributed by atoms with E-state index in [1.54, 1.807) is 0 Å². The van der Waals surface area contributed by atoms with E-state index in [1.807, 2.05) is 32.0 Å². The molecule has 0 saturated heterocycles. The van der Waals surface area contributed by atoms with Crippen LogP contribution in [0.1, 0.15) is 45.7 Å². The number of aliphatic hydroxyl groups is 1. The van der Waals surface area contributed by atoms with Gasteiger partial charge in [-0.1, -0.05) is 26.8 Å². The number of ether oxygens (including phenoxy) is 1. The summed E-state index contributed by atoms with van der Waals surface area (Å²) in [5, 5.41) is 9.16. The average molecular weight is 222 g/mol. The van der Waals surface area contributed by atoms with Crippen molar-refractivity contribution in [3.05, 3.63) is 29.3 Å². The maximum Gasteiger partial charge on any atom is 0.123 e. The van der Waals surface area contributed by atoms with Crippen molar-refractivity contribution in [3.8, 4) is 5.75 Å². The molecule has 0 saturated carbocycles. The molecule has 0 bridgehead atoms. The Morgan fingerprint density at radius 1 is 1.25 bits per heavy atom. The lowest BCUT2D eigenvalue weighted by molar-refractivity contribution is 0.236. The average Bonchev–Trinajstić information content (AvgIpc) is 2.15. The lowest BCUT2D eigenvalue weighted by atomic mass is 9.85. The molecule has 0 amide bonds. The summed E-state index contributed by atoms with van der Waals surface area (Å²) >= 11 is 0. The molecular weight excluding hydrogens is 200 g/mol. The van der Waals surface area contributed by atoms with Crippen molar-refractivity contribution in [2.45, 2.75) is 52.7 Å². The van der Waals surface area contributed by atoms with E-state index >= 15 is 0 Å². The minimum Gasteiger partial charge on any atom is -0.491 e. The maximum atomic E-state index is 9.16. The predicted molar refractivity (Wildman–Crippen MR) is 66.8 cm³/mol. The zero-order chi connectivity index (χ0) is 12.3. The fraction of sp³-hybridized carbons (Fsp3) is 0.571. The standard InChI is InChI=1S/C14H22O2/c1-10(2)16-13-7-6-11(9-15)8-12(13)14(3,4)5/h6-8,10,15H,9H2,1-5H3. The van der Waals surface area contributed by atoms with Crippen molar-refractivity contribution >= 4 is 0 Å². The summed E-state index contributed by atoms with van der Waals surface area (Å²) in [6, 6.07) is 5.89. The highest BCUT2D eigenvalue weighted by molar-refractivity contribution is 5.41. The molecule has 0 aliphatic rings. The van der Waals surface area contributed by atoms with Gasteiger partial charge >= 0.3 is 0 Å². The summed E-state index contributed by atoms with van der Waals surface area (Å²) in [5.41, 5.74) is 2.10. The van der Waals surface area contributed by atoms with Crippen LogP contribution in [-0.2, 0) is 12.0 Å². The first-order chi connectivity index (χ1) is 7.34. The van der Waals surface area contributed by atoms with Crippen LogP contribution in [0.5, 0.6) is 5.75 Å². The molecule has 0 heterocycles. The second-order valence-electron chi connectivity index (χ2n) is 5.41. The number of rotatable bonds is 3. The van der Waals surface area contributed by atoms with Gasteiger partial charge in [0.2, 0.25) is 0 Å². The van der Waals surface area contributed by atoms with Crippen LogP contribution >= 0.6 is 0 Å². The summed E-state index contributed by atoms with van der Waals surface area (Å²) < 4.78 is 5.79. The number of aliphatic hydroxyl groups excluding tert-OH is 1. The molecule has 1 aromatic rings. The van der Waals surface area contributed by atoms with Crippen molar-refractivity contribution in [3.63, 3.8) is 0 Å². The van der Waals surface area contributed by atoms with E-state index in [0.717, 1.165) is 16.9 Å². The Bertz CT molecular complexity index is 348. The second kappa shape index (κ2) is 4.88. The molecule has 0 aliphatic carbocycles. The zero-order valence-electron chi connectivity index (χ0n) is 10.9. The first-order valence-electron chi connectivity index (χ1n) is 5.75. The van der Waals surface area contributed by atoms with E-state index in [2.05, 4.69) is 20.8 Å². The monoisotopic (exact) mass is 222 g/mol. The van der Waals surface area contributed by atoms with Crippen LogP contribution in [-0.4, -0.2) is 11.2 Å². The van der Waals surface area contributed by atoms with Gasteiger partial charge in [0.25, 0.3) is 0 Å². The van der Waals surface area contributed by atoms with E-state index in [1.165, 1.54) is 0 Å². The van der Waals surface area contributed by atoms with Gasteiger partial charge in [-0.15, -0.1) is 0 Å². The van der Waals surface area contributed by atoms with Crippen LogP contribution in [0, 0.1) is 0 Å². The third-order valence-corrected chi connectivity index (χ3v) is 2.40. The molecule has 90 valence electrons. The molecule has 0 radical (unpaired) electrons. The fourth-order valence-electron chi connectivity index (χ4n) is 1.62. The molecule has 0 spiro atoms. The first-order valence-corrected chi connectivity index (χ1v) is 5.75. The highest BCUT2D eigenvalue weighted by atomic mass is 16.5. The Morgan fingerprint density at radius 3 is 2.31 bits per heavy atom. The number of hydrogen-bond donors (Lipinski definition) is 1. The third-order valence-electron chi connectivity index (χ3n) is 2.40. The molecule has 0 fully saturated rings. The Labute approximate surface area is 98.3 Å². The molecule has 1 rings (SSSR count). The second-order valence-corrected chi connectivity index (χ2v) is 5.41. The van der Waals surface area contributed by atoms with Crippen LogP contribution in [0.2, 0.25) is 0 Å². The fourth-order valence-corrected chi connectivity index (χ4v) is 1.62. The Morgan fingerprint density at radius 2 is 1.88 bits per heavy atom. The minimum absolute atomic E-state index is 0.0232. The molecule has 0 aromatic heterocycles. The van der Waals surface area contributed by atoms with Gasteiger partial charge in [0, 0.05) is 0 Å². The van der Waals surface area contributed by atoms with E-state index in [-0.39, 0.29) is 18.1 Å². The number of benzene rings is 1. The molecule has 0 aliphatic heterocycles. The van der Waals surface area contributed by atoms with E-state index in [4.69, 9.17) is 9.84 Å². The van der Waals surface area contributed by atoms with Crippen molar-refractivity contribution < 1.29 is 9.84 Å². The maximum absolute atomic E-state index is 9.16. The topological polar surface area (TPSA) is 29.5 Å². The van der Waals surface area contributed by atoms with E-state index in [0.29, 0.717) is 0 Å². The summed E-state index contributed by atoms with van der Waals surface area (Å²) in [7, 11) is 0. The zero-order valence-corrected chi connectivity index (χ0v) is 10.9. The summed E-state index contributed by atoms with van der Waals surface area (Å²) in [6.45, 7) is 10.6. The highest BCUT2D eigenvalue weighted by Crippen LogP contribution is 2.32. The lowest BCUT2D eigenvalue weighted by Gasteiger charge is -2.24. The van der Waals surface area contributed by atoms with Crippen LogP contribution in [0.3, 0.4) is 0 Å². The Kier molecular flexibility index (Phi) is 3.98. The lowest BCUT2D eigenvalue weighted by Crippen LogP contribution is -2.16. The molecule has 0 atom stereocenters. The van der Waals surface area contributed by atoms with Gasteiger partial charge in [0.15, 0.2) is 0 Å². The molecule has 16 heavy (non-hydrogen) atoms. The molecule has 1 N–H and O–H groups in total. The van der Waals surface area contributed by atoms with Crippen molar-refractivity contribution in [2.75, 3.05) is 0 Å². The van der Waals surface area contributed by atoms with Gasteiger partial charge in [0.1, 0.15) is 5.75 Å². The molecular formula is C14H22O2. The largest absolute Gasteiger partial charge is 0.491 e. The van der Waals surface area contributed by atoms with Crippen LogP contribution in [0.4, 0.5) is 0 Å². The summed E-state index contributed by atoms with van der Waals surface area (Å²) in [6.07, 6.45) is 0.168. The van der Waals surface area contributed by atoms with Crippen molar-refractivity contribution in [1.29, 1.82) is 0 Å². The quantitative estimate of drug-likeness (QED) is 0.850. The van der Waals surface area contributed by atoms with Crippen LogP contribution < -0.4 is 4.74 Å². The van der Waals surface area contributed by atoms with Crippen LogP contribution in [0.25, 0.3) is 0 Å². The summed E-state index contributed by atoms with van der Waals surface area (Å²) in [5.74, 6) is 0.916. The van der Waals surface area contributed by atoms with Gasteiger partial charge in [-0.3, -0.25) is 0 Å². The molecule has 2 heteroatoms. The van der Waals surface area contributed by atoms with Gasteiger partial charge < -0.3 is 9.84 Å². The van der Waals surface area contributed by atoms with Gasteiger partial charge in [0.05, 0.1) is 12.7 Å². The third kappa shape index (κ3) is 3.24. The Hall–Kier alpha value is -1.02. The normalized spacial score (nSPS) is 11.9. The van der Waals surface area contributed by atoms with E-state index in [9.17, 15) is 0 Å². The van der Waals surface area contributed by atoms with Crippen LogP contribution in [0.15, 0.2) is 18.2 Å². The molecule has 0 unspecified atom stereocenters. The van der Waals surface area contributed by atoms with Gasteiger partial charge in [-0.25, -0.2) is 0 Å². The Balaban J connectivity index is 3.17. The number of hydrogen-bond acceptors (Lipinski definition) is 2. The first kappa shape index (κ1) is 13.0. The SMILES string of the molecule is CC(C)Oc1ccc(CO)cc1C(C)(C)C. The van der Waals surface area contributed by atoms with E-state index < -0.39 is 0 Å². The van der Waals surface area contributed by atoms with Crippen molar-refractivity contribution in [1.82, 2.24) is 0 Å². The highest BCUT2D eigenvalue weighted by Gasteiger charge is 2.19. The predicted octanol–water partition coefficient (Wildman–Crippen LogP) is 3.26. The summed E-state index contributed by atoms with van der Waals surface area (Å²) in [4.78, 5) is 0. The minimum atomic E-state index is 0.0232. The van der Waals surface area contributed by atoms with Crippen molar-refractivity contribution in [2.24, 2.45) is 0 Å². The smallest absolute Gasteiger partial charge is 0.123 e.